The van der Waals surface area contributed by atoms with E-state index >= 15 is 0 Å². The fraction of sp³-hybridized carbons (Fsp3) is 0.667. The number of nitrogens with zero attached hydrogens (tertiary/aromatic N) is 1. The highest BCUT2D eigenvalue weighted by atomic mass is 32.2. The van der Waals surface area contributed by atoms with Crippen molar-refractivity contribution in [2.75, 3.05) is 5.75 Å². The van der Waals surface area contributed by atoms with Crippen molar-refractivity contribution in [2.24, 2.45) is 5.73 Å². The van der Waals surface area contributed by atoms with Crippen LogP contribution in [-0.4, -0.2) is 17.0 Å². The fourth-order valence-electron chi connectivity index (χ4n) is 0.926. The molecule has 0 saturated heterocycles. The molecule has 0 aromatic carbocycles. The van der Waals surface area contributed by atoms with Crippen LogP contribution < -0.4 is 5.73 Å². The molecule has 0 aliphatic carbocycles. The van der Waals surface area contributed by atoms with Crippen LogP contribution in [0.3, 0.4) is 0 Å². The molecule has 13 heavy (non-hydrogen) atoms. The lowest BCUT2D eigenvalue weighted by molar-refractivity contribution is 0.391. The average Bonchev–Trinajstić information content (AvgIpc) is 2.45. The van der Waals surface area contributed by atoms with Gasteiger partial charge in [0.2, 0.25) is 0 Å². The summed E-state index contributed by atoms with van der Waals surface area (Å²) in [6, 6.07) is 2.27. The van der Waals surface area contributed by atoms with Gasteiger partial charge >= 0.3 is 0 Å². The monoisotopic (exact) mass is 200 g/mol. The van der Waals surface area contributed by atoms with E-state index in [1.165, 1.54) is 0 Å². The Hall–Kier alpha value is -0.480. The van der Waals surface area contributed by atoms with E-state index in [9.17, 15) is 0 Å². The van der Waals surface area contributed by atoms with Gasteiger partial charge < -0.3 is 10.3 Å². The lowest BCUT2D eigenvalue weighted by atomic mass is 10.3. The van der Waals surface area contributed by atoms with Crippen molar-refractivity contribution in [3.05, 3.63) is 17.5 Å². The molecule has 0 aliphatic heterocycles. The summed E-state index contributed by atoms with van der Waals surface area (Å²) in [5.74, 6) is 2.93. The molecule has 0 saturated carbocycles. The molecule has 0 amide bonds. The van der Waals surface area contributed by atoms with E-state index < -0.39 is 0 Å². The number of hydrogen-bond acceptors (Lipinski definition) is 4. The van der Waals surface area contributed by atoms with E-state index in [2.05, 4.69) is 5.16 Å². The fourth-order valence-corrected chi connectivity index (χ4v) is 1.95. The van der Waals surface area contributed by atoms with Gasteiger partial charge in [-0.25, -0.2) is 0 Å². The molecule has 1 unspecified atom stereocenters. The SMILES string of the molecule is Cc1cc(CSCCC(C)N)on1. The topological polar surface area (TPSA) is 52.0 Å². The van der Waals surface area contributed by atoms with Crippen molar-refractivity contribution in [2.45, 2.75) is 32.1 Å². The summed E-state index contributed by atoms with van der Waals surface area (Å²) in [4.78, 5) is 0. The maximum atomic E-state index is 5.63. The summed E-state index contributed by atoms with van der Waals surface area (Å²) in [5, 5.41) is 3.82. The second-order valence-electron chi connectivity index (χ2n) is 3.25. The first-order valence-corrected chi connectivity index (χ1v) is 5.59. The summed E-state index contributed by atoms with van der Waals surface area (Å²) in [6.45, 7) is 3.96. The van der Waals surface area contributed by atoms with Crippen LogP contribution in [0.4, 0.5) is 0 Å². The smallest absolute Gasteiger partial charge is 0.146 e. The van der Waals surface area contributed by atoms with Crippen molar-refractivity contribution in [1.29, 1.82) is 0 Å². The first-order valence-electron chi connectivity index (χ1n) is 4.44. The van der Waals surface area contributed by atoms with Crippen LogP contribution in [0.2, 0.25) is 0 Å². The van der Waals surface area contributed by atoms with Crippen LogP contribution in [-0.2, 0) is 5.75 Å². The van der Waals surface area contributed by atoms with E-state index in [1.807, 2.05) is 31.7 Å². The van der Waals surface area contributed by atoms with Crippen molar-refractivity contribution < 1.29 is 4.52 Å². The van der Waals surface area contributed by atoms with Crippen LogP contribution >= 0.6 is 11.8 Å². The van der Waals surface area contributed by atoms with Gasteiger partial charge in [0.1, 0.15) is 5.76 Å². The Kier molecular flexibility index (Phi) is 4.32. The summed E-state index contributed by atoms with van der Waals surface area (Å²) in [5.41, 5.74) is 6.57. The minimum Gasteiger partial charge on any atom is -0.360 e. The Labute approximate surface area is 83.0 Å². The summed E-state index contributed by atoms with van der Waals surface area (Å²) in [6.07, 6.45) is 1.05. The first kappa shape index (κ1) is 10.6. The van der Waals surface area contributed by atoms with Crippen molar-refractivity contribution in [3.8, 4) is 0 Å². The van der Waals surface area contributed by atoms with Crippen LogP contribution in [0.15, 0.2) is 10.6 Å². The number of aromatic nitrogens is 1. The molecule has 1 aromatic heterocycles. The van der Waals surface area contributed by atoms with Crippen LogP contribution in [0.5, 0.6) is 0 Å². The van der Waals surface area contributed by atoms with Crippen molar-refractivity contribution >= 4 is 11.8 Å². The zero-order valence-corrected chi connectivity index (χ0v) is 8.93. The number of hydrogen-bond donors (Lipinski definition) is 1. The molecular weight excluding hydrogens is 184 g/mol. The Morgan fingerprint density at radius 1 is 1.69 bits per heavy atom. The van der Waals surface area contributed by atoms with Crippen LogP contribution in [0, 0.1) is 6.92 Å². The first-order chi connectivity index (χ1) is 6.18. The molecule has 2 N–H and O–H groups in total. The zero-order chi connectivity index (χ0) is 9.68. The van der Waals surface area contributed by atoms with Gasteiger partial charge in [-0.3, -0.25) is 0 Å². The Morgan fingerprint density at radius 2 is 2.46 bits per heavy atom. The highest BCUT2D eigenvalue weighted by Crippen LogP contribution is 2.14. The molecule has 4 heteroatoms. The standard InChI is InChI=1S/C9H16N2OS/c1-7(10)3-4-13-6-9-5-8(2)11-12-9/h5,7H,3-4,6,10H2,1-2H3. The molecular formula is C9H16N2OS. The highest BCUT2D eigenvalue weighted by molar-refractivity contribution is 7.98. The molecule has 0 spiro atoms. The van der Waals surface area contributed by atoms with E-state index in [-0.39, 0.29) is 0 Å². The normalized spacial score (nSPS) is 13.2. The molecule has 0 aliphatic rings. The maximum Gasteiger partial charge on any atom is 0.146 e. The second kappa shape index (κ2) is 5.29. The molecule has 0 fully saturated rings. The van der Waals surface area contributed by atoms with Crippen LogP contribution in [0.1, 0.15) is 24.8 Å². The van der Waals surface area contributed by atoms with Gasteiger partial charge in [0, 0.05) is 12.1 Å². The highest BCUT2D eigenvalue weighted by Gasteiger charge is 2.00. The third kappa shape index (κ3) is 4.33. The number of aryl methyl sites for hydroxylation is 1. The second-order valence-corrected chi connectivity index (χ2v) is 4.36. The van der Waals surface area contributed by atoms with Gasteiger partial charge in [0.25, 0.3) is 0 Å². The molecule has 0 bridgehead atoms. The summed E-state index contributed by atoms with van der Waals surface area (Å²) < 4.78 is 5.07. The molecule has 0 radical (unpaired) electrons. The third-order valence-electron chi connectivity index (χ3n) is 1.64. The Morgan fingerprint density at radius 3 is 3.00 bits per heavy atom. The van der Waals surface area contributed by atoms with Gasteiger partial charge in [-0.05, 0) is 26.0 Å². The lowest BCUT2D eigenvalue weighted by Gasteiger charge is -2.02. The molecule has 74 valence electrons. The molecule has 3 nitrogen and oxygen atoms in total. The van der Waals surface area contributed by atoms with Crippen LogP contribution in [0.25, 0.3) is 0 Å². The van der Waals surface area contributed by atoms with E-state index in [0.29, 0.717) is 6.04 Å². The number of rotatable bonds is 5. The summed E-state index contributed by atoms with van der Waals surface area (Å²) in [7, 11) is 0. The number of thioether (sulfide) groups is 1. The Balaban J connectivity index is 2.13. The van der Waals surface area contributed by atoms with Gasteiger partial charge in [-0.1, -0.05) is 5.16 Å². The minimum absolute atomic E-state index is 0.295. The minimum atomic E-state index is 0.295. The Bertz CT molecular complexity index is 248. The molecule has 1 aromatic rings. The van der Waals surface area contributed by atoms with Gasteiger partial charge in [0.05, 0.1) is 11.4 Å². The van der Waals surface area contributed by atoms with E-state index in [0.717, 1.165) is 29.4 Å². The lowest BCUT2D eigenvalue weighted by Crippen LogP contribution is -2.15. The quantitative estimate of drug-likeness (QED) is 0.738. The van der Waals surface area contributed by atoms with Crippen molar-refractivity contribution in [3.63, 3.8) is 0 Å². The predicted molar refractivity (Wildman–Crippen MR) is 55.7 cm³/mol. The predicted octanol–water partition coefficient (Wildman–Crippen LogP) is 1.95. The molecule has 1 rings (SSSR count). The van der Waals surface area contributed by atoms with E-state index in [4.69, 9.17) is 10.3 Å². The van der Waals surface area contributed by atoms with Crippen molar-refractivity contribution in [1.82, 2.24) is 5.16 Å². The molecule has 1 heterocycles. The van der Waals surface area contributed by atoms with Gasteiger partial charge in [-0.2, -0.15) is 11.8 Å². The van der Waals surface area contributed by atoms with Gasteiger partial charge in [0.15, 0.2) is 0 Å². The number of nitrogens with two attached hydrogens (primary N) is 1. The average molecular weight is 200 g/mol. The molecule has 1 atom stereocenters. The van der Waals surface area contributed by atoms with E-state index in [1.54, 1.807) is 0 Å². The zero-order valence-electron chi connectivity index (χ0n) is 8.12. The maximum absolute atomic E-state index is 5.63. The largest absolute Gasteiger partial charge is 0.360 e. The van der Waals surface area contributed by atoms with Gasteiger partial charge in [-0.15, -0.1) is 0 Å². The summed E-state index contributed by atoms with van der Waals surface area (Å²) >= 11 is 1.83. The third-order valence-corrected chi connectivity index (χ3v) is 2.65.